The highest BCUT2D eigenvalue weighted by molar-refractivity contribution is 5.95. The number of hydrogen-bond donors (Lipinski definition) is 1. The highest BCUT2D eigenvalue weighted by Crippen LogP contribution is 2.32. The smallest absolute Gasteiger partial charge is 0.101 e. The maximum Gasteiger partial charge on any atom is 0.101 e. The Morgan fingerprint density at radius 2 is 2.00 bits per heavy atom. The second kappa shape index (κ2) is 8.42. The molecule has 2 fully saturated rings. The molecule has 0 amide bonds. The minimum Gasteiger partial charge on any atom is -0.368 e. The average molecular weight is 439 g/mol. The predicted octanol–water partition coefficient (Wildman–Crippen LogP) is 3.10. The number of pyridine rings is 1. The second-order valence-electron chi connectivity index (χ2n) is 9.68. The highest BCUT2D eigenvalue weighted by Gasteiger charge is 2.36. The Balaban J connectivity index is 1.24. The topological polar surface area (TPSA) is 58.4 Å². The summed E-state index contributed by atoms with van der Waals surface area (Å²) in [5, 5.41) is 14.1. The summed E-state index contributed by atoms with van der Waals surface area (Å²) < 4.78 is 0. The molecule has 0 radical (unpaired) electrons. The Morgan fingerprint density at radius 1 is 1.06 bits per heavy atom. The van der Waals surface area contributed by atoms with Crippen LogP contribution in [0.1, 0.15) is 29.2 Å². The summed E-state index contributed by atoms with van der Waals surface area (Å²) in [5.41, 5.74) is 7.11. The number of anilines is 1. The van der Waals surface area contributed by atoms with Crippen molar-refractivity contribution in [2.24, 2.45) is 0 Å². The van der Waals surface area contributed by atoms with E-state index in [0.29, 0.717) is 17.6 Å². The zero-order valence-electron chi connectivity index (χ0n) is 19.2. The minimum atomic E-state index is 0.499. The van der Waals surface area contributed by atoms with Crippen LogP contribution in [0, 0.1) is 11.3 Å². The maximum atomic E-state index is 9.52. The van der Waals surface area contributed by atoms with Gasteiger partial charge in [0.25, 0.3) is 0 Å². The standard InChI is InChI=1S/C27H30N6/c1-19-15-32(26-8-7-20(12-28)27-24(26)6-3-9-30-27)18-23-17-31(10-11-33(19)23)16-22-5-2-4-21-13-29-14-25(21)22/h2-9,19,23,29H,10-11,13-18H2,1H3. The van der Waals surface area contributed by atoms with Crippen molar-refractivity contribution in [1.29, 1.82) is 5.26 Å². The van der Waals surface area contributed by atoms with Gasteiger partial charge >= 0.3 is 0 Å². The third-order valence-corrected chi connectivity index (χ3v) is 7.68. The van der Waals surface area contributed by atoms with Crippen molar-refractivity contribution < 1.29 is 0 Å². The van der Waals surface area contributed by atoms with E-state index >= 15 is 0 Å². The van der Waals surface area contributed by atoms with Gasteiger partial charge in [-0.3, -0.25) is 14.8 Å². The lowest BCUT2D eigenvalue weighted by atomic mass is 9.99. The van der Waals surface area contributed by atoms with Gasteiger partial charge < -0.3 is 10.2 Å². The number of nitriles is 1. The van der Waals surface area contributed by atoms with E-state index in [9.17, 15) is 5.26 Å². The van der Waals surface area contributed by atoms with Crippen molar-refractivity contribution in [3.63, 3.8) is 0 Å². The Morgan fingerprint density at radius 3 is 2.91 bits per heavy atom. The maximum absolute atomic E-state index is 9.52. The van der Waals surface area contributed by atoms with E-state index in [-0.39, 0.29) is 0 Å². The monoisotopic (exact) mass is 438 g/mol. The van der Waals surface area contributed by atoms with Gasteiger partial charge in [0.2, 0.25) is 0 Å². The molecule has 3 aliphatic heterocycles. The first kappa shape index (κ1) is 20.6. The van der Waals surface area contributed by atoms with E-state index in [0.717, 1.165) is 63.3 Å². The Hall–Kier alpha value is -2.98. The molecule has 168 valence electrons. The van der Waals surface area contributed by atoms with Gasteiger partial charge in [0.15, 0.2) is 0 Å². The molecule has 1 N–H and O–H groups in total. The van der Waals surface area contributed by atoms with E-state index in [1.807, 2.05) is 12.1 Å². The molecule has 2 aromatic carbocycles. The first-order valence-electron chi connectivity index (χ1n) is 12.0. The van der Waals surface area contributed by atoms with Crippen molar-refractivity contribution in [2.45, 2.75) is 38.6 Å². The van der Waals surface area contributed by atoms with Crippen LogP contribution in [0.3, 0.4) is 0 Å². The Labute approximate surface area is 195 Å². The normalized spacial score (nSPS) is 23.3. The number of rotatable bonds is 3. The average Bonchev–Trinajstić information content (AvgIpc) is 3.33. The molecule has 3 aromatic rings. The van der Waals surface area contributed by atoms with Crippen LogP contribution >= 0.6 is 0 Å². The Kier molecular flexibility index (Phi) is 5.26. The van der Waals surface area contributed by atoms with E-state index in [2.05, 4.69) is 68.3 Å². The first-order valence-corrected chi connectivity index (χ1v) is 12.0. The fourth-order valence-electron chi connectivity index (χ4n) is 6.08. The number of nitrogens with one attached hydrogen (secondary N) is 1. The quantitative estimate of drug-likeness (QED) is 0.678. The highest BCUT2D eigenvalue weighted by atomic mass is 15.4. The zero-order valence-corrected chi connectivity index (χ0v) is 19.2. The van der Waals surface area contributed by atoms with E-state index in [4.69, 9.17) is 0 Å². The number of aromatic nitrogens is 1. The van der Waals surface area contributed by atoms with Crippen LogP contribution in [0.2, 0.25) is 0 Å². The van der Waals surface area contributed by atoms with E-state index in [1.165, 1.54) is 22.4 Å². The van der Waals surface area contributed by atoms with Crippen LogP contribution in [0.4, 0.5) is 5.69 Å². The fraction of sp³-hybridized carbons (Fsp3) is 0.407. The van der Waals surface area contributed by atoms with Gasteiger partial charge in [-0.1, -0.05) is 18.2 Å². The van der Waals surface area contributed by atoms with Crippen molar-refractivity contribution in [2.75, 3.05) is 37.6 Å². The van der Waals surface area contributed by atoms with Crippen LogP contribution in [0.15, 0.2) is 48.7 Å². The van der Waals surface area contributed by atoms with Crippen LogP contribution in [0.5, 0.6) is 0 Å². The molecular formula is C27H30N6. The fourth-order valence-corrected chi connectivity index (χ4v) is 6.08. The largest absolute Gasteiger partial charge is 0.368 e. The van der Waals surface area contributed by atoms with Crippen LogP contribution in [0.25, 0.3) is 10.9 Å². The zero-order chi connectivity index (χ0) is 22.4. The lowest BCUT2D eigenvalue weighted by molar-refractivity contribution is 0.0317. The molecule has 0 saturated carbocycles. The number of piperazine rings is 2. The van der Waals surface area contributed by atoms with E-state index < -0.39 is 0 Å². The molecule has 6 nitrogen and oxygen atoms in total. The van der Waals surface area contributed by atoms with Crippen molar-refractivity contribution in [3.05, 3.63) is 70.9 Å². The molecule has 33 heavy (non-hydrogen) atoms. The third-order valence-electron chi connectivity index (χ3n) is 7.68. The predicted molar refractivity (Wildman–Crippen MR) is 131 cm³/mol. The number of nitrogens with zero attached hydrogens (tertiary/aromatic N) is 5. The van der Waals surface area contributed by atoms with Gasteiger partial charge in [-0.05, 0) is 47.9 Å². The van der Waals surface area contributed by atoms with Gasteiger partial charge in [-0.25, -0.2) is 0 Å². The summed E-state index contributed by atoms with van der Waals surface area (Å²) in [7, 11) is 0. The van der Waals surface area contributed by atoms with Crippen LogP contribution < -0.4 is 10.2 Å². The molecule has 2 atom stereocenters. The number of benzene rings is 2. The summed E-state index contributed by atoms with van der Waals surface area (Å²) in [4.78, 5) is 12.4. The molecular weight excluding hydrogens is 408 g/mol. The molecule has 0 bridgehead atoms. The molecule has 6 heteroatoms. The summed E-state index contributed by atoms with van der Waals surface area (Å²) in [6.45, 7) is 10.7. The lowest BCUT2D eigenvalue weighted by Gasteiger charge is -2.51. The number of fused-ring (bicyclic) bond motifs is 3. The summed E-state index contributed by atoms with van der Waals surface area (Å²) in [5.74, 6) is 0. The molecule has 1 aromatic heterocycles. The van der Waals surface area contributed by atoms with Crippen LogP contribution in [-0.4, -0.2) is 59.6 Å². The molecule has 4 heterocycles. The van der Waals surface area contributed by atoms with E-state index in [1.54, 1.807) is 6.20 Å². The minimum absolute atomic E-state index is 0.499. The molecule has 3 aliphatic rings. The molecule has 6 rings (SSSR count). The van der Waals surface area contributed by atoms with Gasteiger partial charge in [-0.15, -0.1) is 0 Å². The summed E-state index contributed by atoms with van der Waals surface area (Å²) >= 11 is 0. The Bertz CT molecular complexity index is 1230. The lowest BCUT2D eigenvalue weighted by Crippen LogP contribution is -2.65. The van der Waals surface area contributed by atoms with Crippen molar-refractivity contribution in [3.8, 4) is 6.07 Å². The third kappa shape index (κ3) is 3.67. The SMILES string of the molecule is CC1CN(c2ccc(C#N)c3ncccc23)CC2CN(Cc3cccc4c3CNC4)CCN12. The summed E-state index contributed by atoms with van der Waals surface area (Å²) in [6.07, 6.45) is 1.78. The van der Waals surface area contributed by atoms with Gasteiger partial charge in [-0.2, -0.15) is 5.26 Å². The van der Waals surface area contributed by atoms with Gasteiger partial charge in [0.1, 0.15) is 6.07 Å². The van der Waals surface area contributed by atoms with Crippen LogP contribution in [-0.2, 0) is 19.6 Å². The molecule has 0 spiro atoms. The summed E-state index contributed by atoms with van der Waals surface area (Å²) in [6, 6.07) is 18.2. The number of hydrogen-bond acceptors (Lipinski definition) is 6. The molecule has 0 aliphatic carbocycles. The van der Waals surface area contributed by atoms with Crippen molar-refractivity contribution in [1.82, 2.24) is 20.1 Å². The molecule has 2 saturated heterocycles. The van der Waals surface area contributed by atoms with Gasteiger partial charge in [0, 0.05) is 81.7 Å². The second-order valence-corrected chi connectivity index (χ2v) is 9.68. The van der Waals surface area contributed by atoms with Gasteiger partial charge in [0.05, 0.1) is 11.1 Å². The molecule has 2 unspecified atom stereocenters. The van der Waals surface area contributed by atoms with Crippen molar-refractivity contribution >= 4 is 16.6 Å². The first-order chi connectivity index (χ1) is 16.2.